The Hall–Kier alpha value is -3.54. The summed E-state index contributed by atoms with van der Waals surface area (Å²) in [6.45, 7) is 0. The normalized spacial score (nSPS) is 18.7. The van der Waals surface area contributed by atoms with Crippen LogP contribution >= 0.6 is 0 Å². The zero-order valence-corrected chi connectivity index (χ0v) is 14.3. The minimum atomic E-state index is -1.90. The van der Waals surface area contributed by atoms with E-state index in [9.17, 15) is 9.59 Å². The van der Waals surface area contributed by atoms with E-state index in [0.29, 0.717) is 5.52 Å². The molecule has 0 radical (unpaired) electrons. The van der Waals surface area contributed by atoms with Gasteiger partial charge in [0.2, 0.25) is 11.2 Å². The molecule has 1 atom stereocenters. The van der Waals surface area contributed by atoms with Gasteiger partial charge < -0.3 is 10.3 Å². The number of hydrogen-bond donors (Lipinski definition) is 1. The van der Waals surface area contributed by atoms with Crippen LogP contribution in [-0.4, -0.2) is 15.5 Å². The molecule has 0 saturated carbocycles. The molecule has 134 valence electrons. The van der Waals surface area contributed by atoms with Crippen LogP contribution in [0, 0.1) is 0 Å². The summed E-state index contributed by atoms with van der Waals surface area (Å²) in [6.07, 6.45) is 11.1. The monoisotopic (exact) mass is 361 g/mol. The summed E-state index contributed by atoms with van der Waals surface area (Å²) < 4.78 is 17.0. The van der Waals surface area contributed by atoms with E-state index in [1.807, 2.05) is 12.1 Å². The highest BCUT2D eigenvalue weighted by Crippen LogP contribution is 2.33. The smallest absolute Gasteiger partial charge is 0.254 e. The Morgan fingerprint density at radius 1 is 1.15 bits per heavy atom. The number of amides is 1. The molecular formula is C21H16FN3O2. The van der Waals surface area contributed by atoms with Crippen molar-refractivity contribution < 1.29 is 9.18 Å². The van der Waals surface area contributed by atoms with Crippen molar-refractivity contribution in [3.63, 3.8) is 0 Å². The van der Waals surface area contributed by atoms with Gasteiger partial charge in [-0.2, -0.15) is 0 Å². The van der Waals surface area contributed by atoms with Crippen LogP contribution in [0.1, 0.15) is 16.8 Å². The highest BCUT2D eigenvalue weighted by Gasteiger charge is 2.31. The number of carbonyl (C=O) groups excluding carboxylic acids is 1. The van der Waals surface area contributed by atoms with Crippen molar-refractivity contribution in [2.24, 2.45) is 5.73 Å². The predicted octanol–water partition coefficient (Wildman–Crippen LogP) is 3.30. The largest absolute Gasteiger partial charge is 0.365 e. The van der Waals surface area contributed by atoms with Crippen molar-refractivity contribution in [1.29, 1.82) is 0 Å². The maximum Gasteiger partial charge on any atom is 0.254 e. The van der Waals surface area contributed by atoms with Gasteiger partial charge >= 0.3 is 0 Å². The van der Waals surface area contributed by atoms with Gasteiger partial charge in [-0.1, -0.05) is 24.3 Å². The third-order valence-corrected chi connectivity index (χ3v) is 4.69. The van der Waals surface area contributed by atoms with Crippen LogP contribution in [-0.2, 0) is 5.79 Å². The molecule has 27 heavy (non-hydrogen) atoms. The van der Waals surface area contributed by atoms with Gasteiger partial charge in [0.25, 0.3) is 5.91 Å². The van der Waals surface area contributed by atoms with Crippen LogP contribution in [0.3, 0.4) is 0 Å². The van der Waals surface area contributed by atoms with E-state index in [4.69, 9.17) is 5.73 Å². The number of aromatic nitrogens is 2. The van der Waals surface area contributed by atoms with Crippen LogP contribution in [0.25, 0.3) is 22.0 Å². The Balaban J connectivity index is 2.05. The zero-order chi connectivity index (χ0) is 19.0. The molecule has 0 bridgehead atoms. The van der Waals surface area contributed by atoms with E-state index in [2.05, 4.69) is 4.98 Å². The molecule has 3 aromatic rings. The summed E-state index contributed by atoms with van der Waals surface area (Å²) in [6, 6.07) is 8.76. The van der Waals surface area contributed by atoms with Crippen LogP contribution in [0.5, 0.6) is 0 Å². The predicted molar refractivity (Wildman–Crippen MR) is 102 cm³/mol. The van der Waals surface area contributed by atoms with Gasteiger partial charge in [0.1, 0.15) is 5.56 Å². The number of nitrogens with two attached hydrogens (primary N) is 1. The first-order chi connectivity index (χ1) is 13.0. The molecule has 6 heteroatoms. The van der Waals surface area contributed by atoms with Crippen molar-refractivity contribution in [2.45, 2.75) is 12.2 Å². The summed E-state index contributed by atoms with van der Waals surface area (Å²) >= 11 is 0. The van der Waals surface area contributed by atoms with E-state index in [0.717, 1.165) is 11.1 Å². The average molecular weight is 361 g/mol. The van der Waals surface area contributed by atoms with Gasteiger partial charge in [-0.3, -0.25) is 14.6 Å². The zero-order valence-electron chi connectivity index (χ0n) is 14.3. The molecule has 0 fully saturated rings. The van der Waals surface area contributed by atoms with Crippen LogP contribution < -0.4 is 11.2 Å². The van der Waals surface area contributed by atoms with Gasteiger partial charge in [-0.05, 0) is 41.5 Å². The third kappa shape index (κ3) is 2.85. The van der Waals surface area contributed by atoms with Gasteiger partial charge in [-0.15, -0.1) is 0 Å². The second-order valence-corrected chi connectivity index (χ2v) is 6.38. The van der Waals surface area contributed by atoms with Crippen LogP contribution in [0.15, 0.2) is 78.0 Å². The fourth-order valence-corrected chi connectivity index (χ4v) is 3.29. The molecule has 0 spiro atoms. The van der Waals surface area contributed by atoms with Crippen molar-refractivity contribution in [2.75, 3.05) is 0 Å². The molecule has 4 rings (SSSR count). The number of halogens is 1. The van der Waals surface area contributed by atoms with Crippen molar-refractivity contribution in [1.82, 2.24) is 9.55 Å². The Morgan fingerprint density at radius 3 is 2.59 bits per heavy atom. The number of rotatable bonds is 3. The number of carbonyl (C=O) groups is 1. The lowest BCUT2D eigenvalue weighted by Crippen LogP contribution is -2.32. The number of pyridine rings is 2. The van der Waals surface area contributed by atoms with E-state index < -0.39 is 17.1 Å². The van der Waals surface area contributed by atoms with Gasteiger partial charge in [0.15, 0.2) is 0 Å². The molecule has 0 saturated heterocycles. The second-order valence-electron chi connectivity index (χ2n) is 6.38. The van der Waals surface area contributed by atoms with Crippen molar-refractivity contribution in [3.8, 4) is 11.1 Å². The van der Waals surface area contributed by atoms with E-state index in [-0.39, 0.29) is 17.4 Å². The minimum Gasteiger partial charge on any atom is -0.365 e. The fourth-order valence-electron chi connectivity index (χ4n) is 3.29. The van der Waals surface area contributed by atoms with Crippen molar-refractivity contribution in [3.05, 3.63) is 89.0 Å². The molecule has 1 unspecified atom stereocenters. The Labute approximate surface area is 154 Å². The number of alkyl halides is 1. The molecule has 2 aromatic heterocycles. The van der Waals surface area contributed by atoms with E-state index in [1.165, 1.54) is 16.8 Å². The Morgan fingerprint density at radius 2 is 1.93 bits per heavy atom. The highest BCUT2D eigenvalue weighted by atomic mass is 19.1. The molecule has 0 aliphatic heterocycles. The molecule has 1 aromatic carbocycles. The summed E-state index contributed by atoms with van der Waals surface area (Å²) in [5.41, 5.74) is 6.70. The lowest BCUT2D eigenvalue weighted by atomic mass is 10.0. The number of nitrogens with zero attached hydrogens (tertiary/aromatic N) is 2. The molecule has 1 amide bonds. The Kier molecular flexibility index (Phi) is 3.96. The summed E-state index contributed by atoms with van der Waals surface area (Å²) in [7, 11) is 0. The van der Waals surface area contributed by atoms with E-state index >= 15 is 4.39 Å². The van der Waals surface area contributed by atoms with Gasteiger partial charge in [-0.25, -0.2) is 4.39 Å². The summed E-state index contributed by atoms with van der Waals surface area (Å²) in [4.78, 5) is 28.4. The lowest BCUT2D eigenvalue weighted by Gasteiger charge is -2.28. The van der Waals surface area contributed by atoms with Gasteiger partial charge in [0.05, 0.1) is 5.52 Å². The molecule has 1 aliphatic rings. The maximum absolute atomic E-state index is 15.7. The number of benzene rings is 1. The number of primary amides is 1. The maximum atomic E-state index is 15.7. The van der Waals surface area contributed by atoms with Crippen LogP contribution in [0.4, 0.5) is 4.39 Å². The SMILES string of the molecule is NC(=O)c1cn(C2(F)C=CC=CC2)c2cc(-c3ccncc3)ccc2c1=O. The summed E-state index contributed by atoms with van der Waals surface area (Å²) in [5, 5.41) is 0.240. The molecule has 2 heterocycles. The first-order valence-electron chi connectivity index (χ1n) is 8.43. The van der Waals surface area contributed by atoms with Crippen LogP contribution in [0.2, 0.25) is 0 Å². The molecule has 1 aliphatic carbocycles. The Bertz CT molecular complexity index is 1170. The second kappa shape index (κ2) is 6.32. The molecular weight excluding hydrogens is 345 g/mol. The topological polar surface area (TPSA) is 78.0 Å². The first-order valence-corrected chi connectivity index (χ1v) is 8.43. The minimum absolute atomic E-state index is 0.0825. The molecule has 5 nitrogen and oxygen atoms in total. The van der Waals surface area contributed by atoms with E-state index in [1.54, 1.807) is 48.8 Å². The fraction of sp³-hybridized carbons (Fsp3) is 0.0952. The third-order valence-electron chi connectivity index (χ3n) is 4.69. The lowest BCUT2D eigenvalue weighted by molar-refractivity contribution is 0.0995. The quantitative estimate of drug-likeness (QED) is 0.777. The molecule has 2 N–H and O–H groups in total. The highest BCUT2D eigenvalue weighted by molar-refractivity contribution is 5.97. The average Bonchev–Trinajstić information content (AvgIpc) is 2.69. The van der Waals surface area contributed by atoms with Gasteiger partial charge in [0, 0.05) is 30.4 Å². The number of allylic oxidation sites excluding steroid dienone is 4. The first kappa shape index (κ1) is 16.9. The standard InChI is InChI=1S/C21H16FN3O2/c22-21(8-2-1-3-9-21)25-13-17(20(23)27)19(26)16-5-4-15(12-18(16)25)14-6-10-24-11-7-14/h1-8,10-13H,9H2,(H2,23,27). The van der Waals surface area contributed by atoms with Crippen molar-refractivity contribution >= 4 is 16.8 Å². The number of hydrogen-bond acceptors (Lipinski definition) is 3. The summed E-state index contributed by atoms with van der Waals surface area (Å²) in [5.74, 6) is -2.78. The number of fused-ring (bicyclic) bond motifs is 1.